The van der Waals surface area contributed by atoms with Crippen molar-refractivity contribution in [3.05, 3.63) is 109 Å². The Kier molecular flexibility index (Phi) is 55.4. The Morgan fingerprint density at radius 2 is 0.549 bits per heavy atom. The molecule has 0 aliphatic carbocycles. The van der Waals surface area contributed by atoms with Gasteiger partial charge >= 0.3 is 17.9 Å². The van der Waals surface area contributed by atoms with Gasteiger partial charge < -0.3 is 14.2 Å². The molecule has 6 nitrogen and oxygen atoms in total. The zero-order chi connectivity index (χ0) is 51.4. The number of rotatable bonds is 52. The molecule has 0 aromatic heterocycles. The van der Waals surface area contributed by atoms with Gasteiger partial charge in [-0.05, 0) is 109 Å². The van der Waals surface area contributed by atoms with Gasteiger partial charge in [0.1, 0.15) is 13.2 Å². The van der Waals surface area contributed by atoms with E-state index in [4.69, 9.17) is 14.2 Å². The van der Waals surface area contributed by atoms with Crippen molar-refractivity contribution in [1.82, 2.24) is 0 Å². The fraction of sp³-hybridized carbons (Fsp3) is 0.677. The minimum absolute atomic E-state index is 0.0892. The van der Waals surface area contributed by atoms with E-state index in [9.17, 15) is 14.4 Å². The molecular weight excluding hydrogens is 877 g/mol. The number of ether oxygens (including phenoxy) is 3. The third-order valence-electron chi connectivity index (χ3n) is 12.3. The number of allylic oxidation sites excluding steroid dienone is 18. The molecule has 0 fully saturated rings. The minimum Gasteiger partial charge on any atom is -0.462 e. The average Bonchev–Trinajstić information content (AvgIpc) is 3.37. The van der Waals surface area contributed by atoms with Crippen LogP contribution >= 0.6 is 0 Å². The van der Waals surface area contributed by atoms with Crippen molar-refractivity contribution in [1.29, 1.82) is 0 Å². The van der Waals surface area contributed by atoms with E-state index in [1.807, 2.05) is 0 Å². The van der Waals surface area contributed by atoms with E-state index in [1.54, 1.807) is 0 Å². The lowest BCUT2D eigenvalue weighted by molar-refractivity contribution is -0.167. The van der Waals surface area contributed by atoms with Crippen LogP contribution < -0.4 is 0 Å². The van der Waals surface area contributed by atoms with Crippen molar-refractivity contribution in [2.75, 3.05) is 13.2 Å². The molecule has 0 aromatic rings. The van der Waals surface area contributed by atoms with E-state index < -0.39 is 6.10 Å². The standard InChI is InChI=1S/C65H108O6/c1-4-7-10-13-16-19-21-23-25-27-28-29-30-31-32-33-34-35-36-37-38-39-41-42-44-46-49-52-55-58-64(67)70-61-62(60-69-63(66)57-54-51-48-18-15-12-9-6-3)71-65(68)59-56-53-50-47-45-43-40-26-24-22-20-17-14-11-8-5-2/h7,10,16,19,23,25-26,28-29,31-32,34-35,37-38,40-42,62H,4-6,8-9,11-15,17-18,20-22,24,27,30,33,36,39,43-61H2,1-3H3/b10-7-,19-16-,25-23-,29-28-,32-31-,35-34-,38-37-,40-26-,42-41-. The molecule has 0 heterocycles. The van der Waals surface area contributed by atoms with Crippen LogP contribution in [0.2, 0.25) is 0 Å². The van der Waals surface area contributed by atoms with E-state index in [0.29, 0.717) is 19.3 Å². The zero-order valence-corrected chi connectivity index (χ0v) is 46.2. The summed E-state index contributed by atoms with van der Waals surface area (Å²) in [6.07, 6.45) is 79.5. The molecule has 1 unspecified atom stereocenters. The number of hydrogen-bond acceptors (Lipinski definition) is 6. The fourth-order valence-corrected chi connectivity index (χ4v) is 7.86. The lowest BCUT2D eigenvalue weighted by atomic mass is 10.1. The van der Waals surface area contributed by atoms with Gasteiger partial charge in [-0.1, -0.05) is 246 Å². The average molecular weight is 986 g/mol. The lowest BCUT2D eigenvalue weighted by Gasteiger charge is -2.18. The molecule has 0 saturated heterocycles. The predicted octanol–water partition coefficient (Wildman–Crippen LogP) is 19.9. The molecule has 0 N–H and O–H groups in total. The van der Waals surface area contributed by atoms with Gasteiger partial charge in [0.2, 0.25) is 0 Å². The van der Waals surface area contributed by atoms with E-state index in [-0.39, 0.29) is 31.1 Å². The van der Waals surface area contributed by atoms with Crippen molar-refractivity contribution in [2.45, 2.75) is 271 Å². The van der Waals surface area contributed by atoms with Crippen LogP contribution in [-0.2, 0) is 28.6 Å². The molecule has 0 bridgehead atoms. The van der Waals surface area contributed by atoms with Crippen molar-refractivity contribution < 1.29 is 28.6 Å². The van der Waals surface area contributed by atoms with E-state index in [1.165, 1.54) is 89.9 Å². The van der Waals surface area contributed by atoms with Crippen LogP contribution in [0.25, 0.3) is 0 Å². The summed E-state index contributed by atoms with van der Waals surface area (Å²) in [5, 5.41) is 0. The molecule has 1 atom stereocenters. The summed E-state index contributed by atoms with van der Waals surface area (Å²) in [6, 6.07) is 0. The third-order valence-corrected chi connectivity index (χ3v) is 12.3. The summed E-state index contributed by atoms with van der Waals surface area (Å²) in [5.41, 5.74) is 0. The van der Waals surface area contributed by atoms with Crippen LogP contribution in [0.1, 0.15) is 265 Å². The van der Waals surface area contributed by atoms with Gasteiger partial charge in [0.15, 0.2) is 6.10 Å². The molecule has 6 heteroatoms. The SMILES string of the molecule is CC/C=C\C/C=C\C/C=C\C/C=C\C/C=C\C/C=C\C/C=C\C/C=C\CCCCCCC(=O)OCC(COC(=O)CCCCCCCCCC)OC(=O)CCCCCCC/C=C\CCCCCCCCC. The second kappa shape index (κ2) is 58.6. The Balaban J connectivity index is 4.28. The molecule has 0 spiro atoms. The van der Waals surface area contributed by atoms with E-state index in [0.717, 1.165) is 135 Å². The van der Waals surface area contributed by atoms with Gasteiger partial charge in [0.05, 0.1) is 0 Å². The Hall–Kier alpha value is -3.93. The van der Waals surface area contributed by atoms with Crippen molar-refractivity contribution in [3.8, 4) is 0 Å². The predicted molar refractivity (Wildman–Crippen MR) is 307 cm³/mol. The van der Waals surface area contributed by atoms with Crippen LogP contribution in [-0.4, -0.2) is 37.2 Å². The molecule has 0 aliphatic rings. The Morgan fingerprint density at radius 3 is 0.873 bits per heavy atom. The maximum Gasteiger partial charge on any atom is 0.306 e. The summed E-state index contributed by atoms with van der Waals surface area (Å²) in [7, 11) is 0. The normalized spacial score (nSPS) is 12.9. The van der Waals surface area contributed by atoms with Crippen LogP contribution in [0, 0.1) is 0 Å². The Labute approximate surface area is 438 Å². The van der Waals surface area contributed by atoms with Gasteiger partial charge in [-0.15, -0.1) is 0 Å². The summed E-state index contributed by atoms with van der Waals surface area (Å²) in [5.74, 6) is -0.928. The molecule has 0 rings (SSSR count). The van der Waals surface area contributed by atoms with Crippen LogP contribution in [0.3, 0.4) is 0 Å². The zero-order valence-electron chi connectivity index (χ0n) is 46.2. The third kappa shape index (κ3) is 56.9. The minimum atomic E-state index is -0.792. The molecule has 0 aromatic carbocycles. The molecule has 0 saturated carbocycles. The number of carbonyl (C=O) groups excluding carboxylic acids is 3. The first-order valence-electron chi connectivity index (χ1n) is 29.4. The maximum absolute atomic E-state index is 12.8. The first kappa shape index (κ1) is 67.1. The number of hydrogen-bond donors (Lipinski definition) is 0. The van der Waals surface area contributed by atoms with Crippen LogP contribution in [0.5, 0.6) is 0 Å². The fourth-order valence-electron chi connectivity index (χ4n) is 7.86. The summed E-state index contributed by atoms with van der Waals surface area (Å²) >= 11 is 0. The highest BCUT2D eigenvalue weighted by Crippen LogP contribution is 2.14. The highest BCUT2D eigenvalue weighted by atomic mass is 16.6. The monoisotopic (exact) mass is 985 g/mol. The second-order valence-electron chi connectivity index (χ2n) is 19.2. The maximum atomic E-state index is 12.8. The number of unbranched alkanes of at least 4 members (excludes halogenated alkanes) is 23. The highest BCUT2D eigenvalue weighted by molar-refractivity contribution is 5.71. The van der Waals surface area contributed by atoms with Gasteiger partial charge in [-0.25, -0.2) is 0 Å². The molecule has 71 heavy (non-hydrogen) atoms. The highest BCUT2D eigenvalue weighted by Gasteiger charge is 2.19. The Bertz CT molecular complexity index is 1460. The van der Waals surface area contributed by atoms with Gasteiger partial charge in [-0.3, -0.25) is 14.4 Å². The second-order valence-corrected chi connectivity index (χ2v) is 19.2. The van der Waals surface area contributed by atoms with E-state index in [2.05, 4.69) is 130 Å². The van der Waals surface area contributed by atoms with Gasteiger partial charge in [-0.2, -0.15) is 0 Å². The topological polar surface area (TPSA) is 78.9 Å². The number of carbonyl (C=O) groups is 3. The van der Waals surface area contributed by atoms with Crippen LogP contribution in [0.4, 0.5) is 0 Å². The molecule has 0 amide bonds. The lowest BCUT2D eigenvalue weighted by Crippen LogP contribution is -2.30. The van der Waals surface area contributed by atoms with Gasteiger partial charge in [0, 0.05) is 19.3 Å². The molecular formula is C65H108O6. The first-order chi connectivity index (χ1) is 35.0. The summed E-state index contributed by atoms with van der Waals surface area (Å²) < 4.78 is 16.8. The Morgan fingerprint density at radius 1 is 0.296 bits per heavy atom. The quantitative estimate of drug-likeness (QED) is 0.0261. The van der Waals surface area contributed by atoms with Crippen LogP contribution in [0.15, 0.2) is 109 Å². The molecule has 404 valence electrons. The van der Waals surface area contributed by atoms with E-state index >= 15 is 0 Å². The number of esters is 3. The first-order valence-corrected chi connectivity index (χ1v) is 29.4. The summed E-state index contributed by atoms with van der Waals surface area (Å²) in [4.78, 5) is 38.0. The van der Waals surface area contributed by atoms with Crippen molar-refractivity contribution in [2.24, 2.45) is 0 Å². The van der Waals surface area contributed by atoms with Crippen molar-refractivity contribution in [3.63, 3.8) is 0 Å². The largest absolute Gasteiger partial charge is 0.462 e. The summed E-state index contributed by atoms with van der Waals surface area (Å²) in [6.45, 7) is 6.47. The van der Waals surface area contributed by atoms with Gasteiger partial charge in [0.25, 0.3) is 0 Å². The molecule has 0 radical (unpaired) electrons. The van der Waals surface area contributed by atoms with Crippen molar-refractivity contribution >= 4 is 17.9 Å². The smallest absolute Gasteiger partial charge is 0.306 e. The molecule has 0 aliphatic heterocycles.